The van der Waals surface area contributed by atoms with E-state index in [1.165, 1.54) is 0 Å². The summed E-state index contributed by atoms with van der Waals surface area (Å²) in [6.45, 7) is 3.86. The molecule has 6 nitrogen and oxygen atoms in total. The minimum absolute atomic E-state index is 0.188. The van der Waals surface area contributed by atoms with Gasteiger partial charge in [0.25, 0.3) is 5.91 Å². The Labute approximate surface area is 166 Å². The maximum Gasteiger partial charge on any atom is 0.288 e. The van der Waals surface area contributed by atoms with Crippen molar-refractivity contribution >= 4 is 22.4 Å². The largest absolute Gasteiger partial charge is 0.288 e. The summed E-state index contributed by atoms with van der Waals surface area (Å²) >= 11 is 0. The van der Waals surface area contributed by atoms with Gasteiger partial charge in [-0.3, -0.25) is 18.9 Å². The van der Waals surface area contributed by atoms with Crippen molar-refractivity contribution in [2.45, 2.75) is 31.6 Å². The molecular formula is C21H23N3O3S. The van der Waals surface area contributed by atoms with E-state index in [0.29, 0.717) is 24.1 Å². The quantitative estimate of drug-likeness (QED) is 0.790. The Kier molecular flexibility index (Phi) is 5.84. The summed E-state index contributed by atoms with van der Waals surface area (Å²) in [4.78, 5) is 17.4. The fourth-order valence-electron chi connectivity index (χ4n) is 3.33. The number of carbonyl (C=O) groups excluding carboxylic acids is 1. The number of hydrogen-bond donors (Lipinski definition) is 2. The number of benzene rings is 2. The van der Waals surface area contributed by atoms with Gasteiger partial charge in [-0.15, -0.1) is 10.8 Å². The molecule has 1 heterocycles. The zero-order chi connectivity index (χ0) is 20.3. The fraction of sp³-hybridized carbons (Fsp3) is 0.286. The van der Waals surface area contributed by atoms with Gasteiger partial charge in [0.2, 0.25) is 0 Å². The van der Waals surface area contributed by atoms with Crippen LogP contribution in [0.5, 0.6) is 0 Å². The second-order valence-corrected chi connectivity index (χ2v) is 8.89. The van der Waals surface area contributed by atoms with Crippen LogP contribution in [-0.2, 0) is 11.2 Å². The van der Waals surface area contributed by atoms with Crippen molar-refractivity contribution < 1.29 is 13.9 Å². The lowest BCUT2D eigenvalue weighted by Crippen LogP contribution is -2.34. The monoisotopic (exact) mass is 397 g/mol. The summed E-state index contributed by atoms with van der Waals surface area (Å²) in [5, 5.41) is 8.02. The molecule has 3 rings (SSSR count). The molecule has 2 N–H and O–H groups in total. The third-order valence-corrected chi connectivity index (χ3v) is 6.90. The first-order chi connectivity index (χ1) is 13.4. The molecule has 1 aliphatic rings. The highest BCUT2D eigenvalue weighted by Gasteiger charge is 2.51. The van der Waals surface area contributed by atoms with E-state index in [9.17, 15) is 13.9 Å². The number of amides is 1. The van der Waals surface area contributed by atoms with Gasteiger partial charge in [-0.05, 0) is 43.5 Å². The van der Waals surface area contributed by atoms with Gasteiger partial charge in [-0.2, -0.15) is 5.26 Å². The molecule has 1 atom stereocenters. The average molecular weight is 398 g/mol. The van der Waals surface area contributed by atoms with Gasteiger partial charge in [0.1, 0.15) is 11.0 Å². The molecule has 0 saturated carbocycles. The number of rotatable bonds is 5. The minimum atomic E-state index is -3.37. The molecule has 1 saturated heterocycles. The minimum Gasteiger partial charge on any atom is -0.281 e. The van der Waals surface area contributed by atoms with Crippen LogP contribution in [0.3, 0.4) is 0 Å². The summed E-state index contributed by atoms with van der Waals surface area (Å²) < 4.78 is 22.9. The Balaban J connectivity index is 1.90. The number of hydrogen-bond acceptors (Lipinski definition) is 5. The molecule has 1 aliphatic heterocycles. The molecule has 2 aromatic rings. The van der Waals surface area contributed by atoms with Gasteiger partial charge in [-0.25, -0.2) is 4.31 Å². The lowest BCUT2D eigenvalue weighted by Gasteiger charge is -2.42. The maximum atomic E-state index is 12.9. The van der Waals surface area contributed by atoms with E-state index in [-0.39, 0.29) is 11.8 Å². The molecule has 7 heteroatoms. The van der Waals surface area contributed by atoms with Gasteiger partial charge in [0.05, 0.1) is 11.6 Å². The first-order valence-electron chi connectivity index (χ1n) is 9.05. The molecule has 1 unspecified atom stereocenters. The van der Waals surface area contributed by atoms with Crippen LogP contribution in [0, 0.1) is 11.3 Å². The van der Waals surface area contributed by atoms with E-state index in [1.807, 2.05) is 30.3 Å². The molecule has 2 aromatic carbocycles. The van der Waals surface area contributed by atoms with Crippen LogP contribution in [0.2, 0.25) is 0 Å². The summed E-state index contributed by atoms with van der Waals surface area (Å²) in [6.07, 6.45) is 0.588. The number of nitriles is 1. The Morgan fingerprint density at radius 3 is 2.36 bits per heavy atom. The van der Waals surface area contributed by atoms with Crippen LogP contribution in [0.4, 0.5) is 0 Å². The standard InChI is InChI=1S/C21H23N3O3S/c1-15(2)24-21(25)19(20(28(24,26)27)18-6-4-3-5-7-18)23-13-12-16-8-10-17(14-22)11-9-16/h3-11,15,20,26-27H,12-13H2,1-2H3. The number of nitrogens with zero attached hydrogens (tertiary/aromatic N) is 3. The predicted molar refractivity (Wildman–Crippen MR) is 111 cm³/mol. The van der Waals surface area contributed by atoms with E-state index in [0.717, 1.165) is 9.87 Å². The van der Waals surface area contributed by atoms with E-state index >= 15 is 0 Å². The lowest BCUT2D eigenvalue weighted by atomic mass is 10.1. The summed E-state index contributed by atoms with van der Waals surface area (Å²) in [5.74, 6) is -0.427. The zero-order valence-corrected chi connectivity index (χ0v) is 16.6. The summed E-state index contributed by atoms with van der Waals surface area (Å²) in [5.41, 5.74) is 2.44. The van der Waals surface area contributed by atoms with Crippen LogP contribution in [0.25, 0.3) is 0 Å². The van der Waals surface area contributed by atoms with Crippen molar-refractivity contribution in [3.05, 3.63) is 71.3 Å². The Hall–Kier alpha value is -2.66. The fourth-order valence-corrected chi connectivity index (χ4v) is 5.51. The average Bonchev–Trinajstić information content (AvgIpc) is 2.88. The van der Waals surface area contributed by atoms with Gasteiger partial charge < -0.3 is 0 Å². The lowest BCUT2D eigenvalue weighted by molar-refractivity contribution is -0.120. The summed E-state index contributed by atoms with van der Waals surface area (Å²) in [7, 11) is -3.37. The smallest absolute Gasteiger partial charge is 0.281 e. The van der Waals surface area contributed by atoms with Gasteiger partial charge >= 0.3 is 0 Å². The molecule has 28 heavy (non-hydrogen) atoms. The number of carbonyl (C=O) groups is 1. The maximum absolute atomic E-state index is 12.9. The van der Waals surface area contributed by atoms with E-state index in [1.54, 1.807) is 38.1 Å². The first kappa shape index (κ1) is 20.1. The molecule has 146 valence electrons. The SMILES string of the molecule is CC(C)N1C(=O)C(=NCCc2ccc(C#N)cc2)C(c2ccccc2)S1(O)O. The van der Waals surface area contributed by atoms with Crippen LogP contribution in [0.1, 0.15) is 35.8 Å². The predicted octanol–water partition coefficient (Wildman–Crippen LogP) is 4.20. The van der Waals surface area contributed by atoms with E-state index in [4.69, 9.17) is 5.26 Å². The first-order valence-corrected chi connectivity index (χ1v) is 10.6. The molecular weight excluding hydrogens is 374 g/mol. The molecule has 0 radical (unpaired) electrons. The van der Waals surface area contributed by atoms with Crippen LogP contribution >= 0.6 is 10.8 Å². The third-order valence-electron chi connectivity index (χ3n) is 4.61. The Morgan fingerprint density at radius 1 is 1.14 bits per heavy atom. The van der Waals surface area contributed by atoms with Crippen molar-refractivity contribution in [1.82, 2.24) is 4.31 Å². The summed E-state index contributed by atoms with van der Waals surface area (Å²) in [6, 6.07) is 18.0. The molecule has 1 fully saturated rings. The van der Waals surface area contributed by atoms with Crippen LogP contribution in [0.15, 0.2) is 59.6 Å². The van der Waals surface area contributed by atoms with Gasteiger partial charge in [0.15, 0.2) is 0 Å². The highest BCUT2D eigenvalue weighted by atomic mass is 32.3. The second-order valence-electron chi connectivity index (χ2n) is 6.90. The Morgan fingerprint density at radius 2 is 1.79 bits per heavy atom. The van der Waals surface area contributed by atoms with Gasteiger partial charge in [-0.1, -0.05) is 42.5 Å². The molecule has 0 aromatic heterocycles. The number of aliphatic imine (C=N–C) groups is 1. The van der Waals surface area contributed by atoms with Crippen molar-refractivity contribution in [2.24, 2.45) is 4.99 Å². The molecule has 0 spiro atoms. The molecule has 0 bridgehead atoms. The molecule has 1 amide bonds. The van der Waals surface area contributed by atoms with E-state index in [2.05, 4.69) is 11.1 Å². The zero-order valence-electron chi connectivity index (χ0n) is 15.8. The highest BCUT2D eigenvalue weighted by Crippen LogP contribution is 2.62. The van der Waals surface area contributed by atoms with E-state index < -0.39 is 21.9 Å². The third kappa shape index (κ3) is 3.80. The Bertz CT molecular complexity index is 918. The second kappa shape index (κ2) is 8.15. The highest BCUT2D eigenvalue weighted by molar-refractivity contribution is 8.24. The normalized spacial score (nSPS) is 21.1. The van der Waals surface area contributed by atoms with Crippen molar-refractivity contribution in [2.75, 3.05) is 6.54 Å². The molecule has 0 aliphatic carbocycles. The van der Waals surface area contributed by atoms with Crippen molar-refractivity contribution in [1.29, 1.82) is 5.26 Å². The van der Waals surface area contributed by atoms with Crippen molar-refractivity contribution in [3.8, 4) is 6.07 Å². The van der Waals surface area contributed by atoms with Crippen LogP contribution in [-0.4, -0.2) is 37.6 Å². The van der Waals surface area contributed by atoms with Gasteiger partial charge in [0, 0.05) is 12.6 Å². The topological polar surface area (TPSA) is 96.9 Å². The van der Waals surface area contributed by atoms with Crippen molar-refractivity contribution in [3.63, 3.8) is 0 Å². The van der Waals surface area contributed by atoms with Crippen LogP contribution < -0.4 is 0 Å².